The second kappa shape index (κ2) is 4.22. The Balaban J connectivity index is 1.40. The second-order valence-corrected chi connectivity index (χ2v) is 4.91. The Labute approximate surface area is 107 Å². The molecule has 1 saturated carbocycles. The van der Waals surface area contributed by atoms with Gasteiger partial charge in [-0.2, -0.15) is 0 Å². The van der Waals surface area contributed by atoms with E-state index >= 15 is 0 Å². The summed E-state index contributed by atoms with van der Waals surface area (Å²) < 4.78 is 36.0. The topological polar surface area (TPSA) is 68.5 Å². The van der Waals surface area contributed by atoms with Crippen LogP contribution < -0.4 is 0 Å². The van der Waals surface area contributed by atoms with Crippen molar-refractivity contribution in [1.82, 2.24) is 15.1 Å². The summed E-state index contributed by atoms with van der Waals surface area (Å²) in [6.07, 6.45) is -0.474. The van der Waals surface area contributed by atoms with E-state index in [1.54, 1.807) is 6.92 Å². The number of aromatic nitrogens is 2. The SMILES string of the molecule is Cc1nnc(COC2CN(C(=O)C3CC3(F)F)C2)o1. The summed E-state index contributed by atoms with van der Waals surface area (Å²) in [4.78, 5) is 13.0. The van der Waals surface area contributed by atoms with Crippen LogP contribution in [-0.2, 0) is 16.1 Å². The van der Waals surface area contributed by atoms with E-state index < -0.39 is 17.7 Å². The first kappa shape index (κ1) is 12.5. The number of nitrogens with zero attached hydrogens (tertiary/aromatic N) is 3. The normalized spacial score (nSPS) is 25.2. The highest BCUT2D eigenvalue weighted by molar-refractivity contribution is 5.83. The van der Waals surface area contributed by atoms with Gasteiger partial charge in [0.1, 0.15) is 12.5 Å². The third-order valence-corrected chi connectivity index (χ3v) is 3.29. The van der Waals surface area contributed by atoms with E-state index in [0.29, 0.717) is 24.9 Å². The Morgan fingerprint density at radius 1 is 1.53 bits per heavy atom. The fourth-order valence-corrected chi connectivity index (χ4v) is 2.01. The van der Waals surface area contributed by atoms with Gasteiger partial charge < -0.3 is 14.1 Å². The molecule has 104 valence electrons. The molecule has 1 atom stereocenters. The Morgan fingerprint density at radius 3 is 2.74 bits per heavy atom. The molecule has 1 unspecified atom stereocenters. The number of carbonyl (C=O) groups is 1. The molecule has 1 aromatic rings. The summed E-state index contributed by atoms with van der Waals surface area (Å²) in [5.74, 6) is -3.56. The van der Waals surface area contributed by atoms with E-state index in [2.05, 4.69) is 10.2 Å². The van der Waals surface area contributed by atoms with Crippen LogP contribution in [0.25, 0.3) is 0 Å². The summed E-state index contributed by atoms with van der Waals surface area (Å²) in [6.45, 7) is 2.54. The Kier molecular flexibility index (Phi) is 2.77. The highest BCUT2D eigenvalue weighted by Crippen LogP contribution is 2.49. The van der Waals surface area contributed by atoms with E-state index in [1.807, 2.05) is 0 Å². The lowest BCUT2D eigenvalue weighted by Gasteiger charge is -2.38. The number of aryl methyl sites for hydroxylation is 1. The predicted molar refractivity (Wildman–Crippen MR) is 57.2 cm³/mol. The minimum absolute atomic E-state index is 0.150. The molecule has 2 fully saturated rings. The van der Waals surface area contributed by atoms with Crippen molar-refractivity contribution >= 4 is 5.91 Å². The van der Waals surface area contributed by atoms with Crippen molar-refractivity contribution in [2.45, 2.75) is 32.0 Å². The zero-order chi connectivity index (χ0) is 13.6. The van der Waals surface area contributed by atoms with Crippen LogP contribution in [-0.4, -0.2) is 46.1 Å². The standard InChI is InChI=1S/C11H13F2N3O3/c1-6-14-15-9(19-6)5-18-7-3-16(4-7)10(17)8-2-11(8,12)13/h7-8H,2-5H2,1H3. The van der Waals surface area contributed by atoms with E-state index in [0.717, 1.165) is 0 Å². The summed E-state index contributed by atoms with van der Waals surface area (Å²) in [5, 5.41) is 7.42. The molecular weight excluding hydrogens is 260 g/mol. The van der Waals surface area contributed by atoms with Crippen LogP contribution in [0, 0.1) is 12.8 Å². The maximum Gasteiger partial charge on any atom is 0.260 e. The third kappa shape index (κ3) is 2.44. The van der Waals surface area contributed by atoms with Crippen LogP contribution in [0.4, 0.5) is 8.78 Å². The van der Waals surface area contributed by atoms with Gasteiger partial charge in [0.2, 0.25) is 17.7 Å². The van der Waals surface area contributed by atoms with Gasteiger partial charge in [-0.1, -0.05) is 0 Å². The number of hydrogen-bond donors (Lipinski definition) is 0. The second-order valence-electron chi connectivity index (χ2n) is 4.91. The average Bonchev–Trinajstić information content (AvgIpc) is 2.72. The van der Waals surface area contributed by atoms with Gasteiger partial charge >= 0.3 is 0 Å². The fourth-order valence-electron chi connectivity index (χ4n) is 2.01. The number of likely N-dealkylation sites (tertiary alicyclic amines) is 1. The Hall–Kier alpha value is -1.57. The van der Waals surface area contributed by atoms with Gasteiger partial charge in [-0.15, -0.1) is 10.2 Å². The van der Waals surface area contributed by atoms with Gasteiger partial charge in [0.15, 0.2) is 0 Å². The molecule has 2 heterocycles. The van der Waals surface area contributed by atoms with Crippen molar-refractivity contribution in [1.29, 1.82) is 0 Å². The highest BCUT2D eigenvalue weighted by Gasteiger charge is 2.63. The van der Waals surface area contributed by atoms with Crippen LogP contribution in [0.5, 0.6) is 0 Å². The zero-order valence-corrected chi connectivity index (χ0v) is 10.3. The van der Waals surface area contributed by atoms with Crippen LogP contribution in [0.2, 0.25) is 0 Å². The molecule has 1 aliphatic heterocycles. The third-order valence-electron chi connectivity index (χ3n) is 3.29. The molecule has 1 aliphatic carbocycles. The molecule has 0 spiro atoms. The molecule has 2 aliphatic rings. The number of alkyl halides is 2. The first-order chi connectivity index (χ1) is 8.95. The Morgan fingerprint density at radius 2 is 2.21 bits per heavy atom. The van der Waals surface area contributed by atoms with Gasteiger partial charge in [-0.3, -0.25) is 4.79 Å². The molecular formula is C11H13F2N3O3. The molecule has 19 heavy (non-hydrogen) atoms. The molecule has 0 aromatic carbocycles. The largest absolute Gasteiger partial charge is 0.423 e. The van der Waals surface area contributed by atoms with Gasteiger partial charge in [-0.25, -0.2) is 8.78 Å². The first-order valence-electron chi connectivity index (χ1n) is 6.03. The maximum atomic E-state index is 12.7. The Bertz CT molecular complexity index is 499. The lowest BCUT2D eigenvalue weighted by molar-refractivity contribution is -0.150. The van der Waals surface area contributed by atoms with Crippen molar-refractivity contribution in [3.63, 3.8) is 0 Å². The van der Waals surface area contributed by atoms with Crippen LogP contribution >= 0.6 is 0 Å². The molecule has 1 amide bonds. The van der Waals surface area contributed by atoms with Crippen molar-refractivity contribution in [3.05, 3.63) is 11.8 Å². The lowest BCUT2D eigenvalue weighted by atomic mass is 10.1. The maximum absolute atomic E-state index is 12.7. The first-order valence-corrected chi connectivity index (χ1v) is 6.03. The van der Waals surface area contributed by atoms with E-state index in [4.69, 9.17) is 9.15 Å². The van der Waals surface area contributed by atoms with Crippen molar-refractivity contribution in [3.8, 4) is 0 Å². The summed E-state index contributed by atoms with van der Waals surface area (Å²) >= 11 is 0. The summed E-state index contributed by atoms with van der Waals surface area (Å²) in [7, 11) is 0. The number of rotatable bonds is 4. The van der Waals surface area contributed by atoms with Crippen LogP contribution in [0.3, 0.4) is 0 Å². The summed E-state index contributed by atoms with van der Waals surface area (Å²) in [5.41, 5.74) is 0. The average molecular weight is 273 g/mol. The molecule has 0 bridgehead atoms. The lowest BCUT2D eigenvalue weighted by Crippen LogP contribution is -2.55. The zero-order valence-electron chi connectivity index (χ0n) is 10.3. The predicted octanol–water partition coefficient (Wildman–Crippen LogP) is 0.761. The van der Waals surface area contributed by atoms with Crippen molar-refractivity contribution in [2.75, 3.05) is 13.1 Å². The number of carbonyl (C=O) groups excluding carboxylic acids is 1. The van der Waals surface area contributed by atoms with Crippen LogP contribution in [0.1, 0.15) is 18.2 Å². The number of halogens is 2. The quantitative estimate of drug-likeness (QED) is 0.810. The molecule has 3 rings (SSSR count). The smallest absolute Gasteiger partial charge is 0.260 e. The van der Waals surface area contributed by atoms with Crippen LogP contribution in [0.15, 0.2) is 4.42 Å². The molecule has 6 nitrogen and oxygen atoms in total. The van der Waals surface area contributed by atoms with Crippen molar-refractivity contribution in [2.24, 2.45) is 5.92 Å². The number of hydrogen-bond acceptors (Lipinski definition) is 5. The fraction of sp³-hybridized carbons (Fsp3) is 0.727. The van der Waals surface area contributed by atoms with Gasteiger partial charge in [0, 0.05) is 26.4 Å². The van der Waals surface area contributed by atoms with E-state index in [-0.39, 0.29) is 19.1 Å². The van der Waals surface area contributed by atoms with Gasteiger partial charge in [0.25, 0.3) is 5.92 Å². The monoisotopic (exact) mass is 273 g/mol. The molecule has 8 heteroatoms. The van der Waals surface area contributed by atoms with Gasteiger partial charge in [-0.05, 0) is 0 Å². The van der Waals surface area contributed by atoms with Gasteiger partial charge in [0.05, 0.1) is 6.10 Å². The summed E-state index contributed by atoms with van der Waals surface area (Å²) in [6, 6.07) is 0. The van der Waals surface area contributed by atoms with E-state index in [1.165, 1.54) is 4.90 Å². The molecule has 0 radical (unpaired) electrons. The molecule has 1 aromatic heterocycles. The number of amides is 1. The van der Waals surface area contributed by atoms with Crippen molar-refractivity contribution < 1.29 is 22.7 Å². The molecule has 0 N–H and O–H groups in total. The molecule has 1 saturated heterocycles. The van der Waals surface area contributed by atoms with E-state index in [9.17, 15) is 13.6 Å². The highest BCUT2D eigenvalue weighted by atomic mass is 19.3. The number of ether oxygens (including phenoxy) is 1. The minimum atomic E-state index is -2.80. The minimum Gasteiger partial charge on any atom is -0.423 e.